The fraction of sp³-hybridized carbons (Fsp3) is 0.200. The van der Waals surface area contributed by atoms with Crippen LogP contribution in [0.5, 0.6) is 0 Å². The topological polar surface area (TPSA) is 77.7 Å². The van der Waals surface area contributed by atoms with E-state index in [2.05, 4.69) is 20.5 Å². The van der Waals surface area contributed by atoms with E-state index in [1.54, 1.807) is 6.19 Å². The van der Waals surface area contributed by atoms with Gasteiger partial charge in [-0.05, 0) is 30.7 Å². The molecular weight excluding hydrogens is 264 g/mol. The van der Waals surface area contributed by atoms with Crippen molar-refractivity contribution >= 4 is 23.8 Å². The van der Waals surface area contributed by atoms with Gasteiger partial charge in [-0.2, -0.15) is 5.26 Å². The Hall–Kier alpha value is -2.94. The molecule has 106 valence electrons. The smallest absolute Gasteiger partial charge is 0.256 e. The molecule has 0 radical (unpaired) electrons. The van der Waals surface area contributed by atoms with E-state index in [-0.39, 0.29) is 5.95 Å². The first kappa shape index (κ1) is 14.5. The molecule has 0 amide bonds. The molecular formula is C15H16N6. The van der Waals surface area contributed by atoms with Crippen molar-refractivity contribution in [3.63, 3.8) is 0 Å². The highest BCUT2D eigenvalue weighted by molar-refractivity contribution is 5.70. The Morgan fingerprint density at radius 1 is 1.14 bits per heavy atom. The van der Waals surface area contributed by atoms with Crippen LogP contribution < -0.4 is 10.2 Å². The number of hydrogen-bond donors (Lipinski definition) is 1. The maximum Gasteiger partial charge on any atom is 0.256 e. The minimum Gasteiger partial charge on any atom is -0.378 e. The minimum absolute atomic E-state index is 0.200. The Morgan fingerprint density at radius 3 is 2.48 bits per heavy atom. The number of aryl methyl sites for hydroxylation is 1. The predicted octanol–water partition coefficient (Wildman–Crippen LogP) is 2.31. The van der Waals surface area contributed by atoms with Gasteiger partial charge < -0.3 is 4.90 Å². The third-order valence-corrected chi connectivity index (χ3v) is 2.90. The first-order valence-electron chi connectivity index (χ1n) is 6.42. The second kappa shape index (κ2) is 6.48. The lowest BCUT2D eigenvalue weighted by molar-refractivity contribution is 0.927. The molecule has 6 heteroatoms. The third-order valence-electron chi connectivity index (χ3n) is 2.90. The lowest BCUT2D eigenvalue weighted by atomic mass is 10.1. The first-order valence-corrected chi connectivity index (χ1v) is 6.42. The predicted molar refractivity (Wildman–Crippen MR) is 83.5 cm³/mol. The van der Waals surface area contributed by atoms with Crippen LogP contribution in [0.3, 0.4) is 0 Å². The Morgan fingerprint density at radius 2 is 1.86 bits per heavy atom. The summed E-state index contributed by atoms with van der Waals surface area (Å²) in [5.41, 5.74) is 3.60. The lowest BCUT2D eigenvalue weighted by Gasteiger charge is -2.11. The zero-order valence-corrected chi connectivity index (χ0v) is 12.2. The van der Waals surface area contributed by atoms with E-state index in [0.29, 0.717) is 11.4 Å². The van der Waals surface area contributed by atoms with Crippen LogP contribution >= 0.6 is 0 Å². The summed E-state index contributed by atoms with van der Waals surface area (Å²) in [6.07, 6.45) is 5.59. The molecule has 0 saturated carbocycles. The summed E-state index contributed by atoms with van der Waals surface area (Å²) >= 11 is 0. The number of rotatable bonds is 4. The summed E-state index contributed by atoms with van der Waals surface area (Å²) in [5.74, 6) is 0.200. The number of nitrogens with one attached hydrogen (secondary N) is 1. The van der Waals surface area contributed by atoms with Crippen LogP contribution in [-0.2, 0) is 0 Å². The highest BCUT2D eigenvalue weighted by Crippen LogP contribution is 2.15. The van der Waals surface area contributed by atoms with Crippen LogP contribution in [0.15, 0.2) is 24.3 Å². The van der Waals surface area contributed by atoms with Crippen molar-refractivity contribution in [1.82, 2.24) is 15.2 Å². The van der Waals surface area contributed by atoms with Crippen molar-refractivity contribution < 1.29 is 0 Å². The maximum absolute atomic E-state index is 8.57. The second-order valence-electron chi connectivity index (χ2n) is 4.66. The number of hydrogen-bond acceptors (Lipinski definition) is 6. The van der Waals surface area contributed by atoms with Crippen LogP contribution in [0.2, 0.25) is 0 Å². The first-order chi connectivity index (χ1) is 10.1. The molecule has 1 aromatic carbocycles. The van der Waals surface area contributed by atoms with Crippen molar-refractivity contribution in [3.05, 3.63) is 41.2 Å². The number of aromatic nitrogens is 3. The summed E-state index contributed by atoms with van der Waals surface area (Å²) in [6, 6.07) is 8.16. The van der Waals surface area contributed by atoms with Gasteiger partial charge in [-0.1, -0.05) is 18.2 Å². The molecule has 0 spiro atoms. The van der Waals surface area contributed by atoms with Gasteiger partial charge in [0.05, 0.1) is 11.4 Å². The van der Waals surface area contributed by atoms with Gasteiger partial charge in [0.25, 0.3) is 5.95 Å². The lowest BCUT2D eigenvalue weighted by Crippen LogP contribution is -2.07. The van der Waals surface area contributed by atoms with Crippen LogP contribution in [0.25, 0.3) is 12.2 Å². The molecule has 0 saturated heterocycles. The van der Waals surface area contributed by atoms with Gasteiger partial charge in [-0.3, -0.25) is 5.32 Å². The quantitative estimate of drug-likeness (QED) is 0.684. The highest BCUT2D eigenvalue weighted by atomic mass is 15.2. The van der Waals surface area contributed by atoms with E-state index in [1.165, 1.54) is 0 Å². The molecule has 2 aromatic rings. The zero-order chi connectivity index (χ0) is 15.2. The van der Waals surface area contributed by atoms with Crippen molar-refractivity contribution in [1.29, 1.82) is 5.26 Å². The van der Waals surface area contributed by atoms with E-state index < -0.39 is 0 Å². The molecule has 6 nitrogen and oxygen atoms in total. The van der Waals surface area contributed by atoms with Crippen molar-refractivity contribution in [2.45, 2.75) is 6.92 Å². The Balaban J connectivity index is 2.20. The largest absolute Gasteiger partial charge is 0.378 e. The number of benzene rings is 1. The summed E-state index contributed by atoms with van der Waals surface area (Å²) in [4.78, 5) is 6.27. The molecule has 0 unspecified atom stereocenters. The molecule has 0 atom stereocenters. The number of anilines is 2. The standard InChI is InChI=1S/C15H16N6/c1-11-14(18-15(17-10-16)20-19-11)9-6-12-4-7-13(8-5-12)21(2)3/h4-9H,1-3H3,(H,17,18,20)/b9-6+. The van der Waals surface area contributed by atoms with Crippen molar-refractivity contribution in [2.75, 3.05) is 24.3 Å². The molecule has 0 aliphatic heterocycles. The Kier molecular flexibility index (Phi) is 4.46. The Bertz CT molecular complexity index is 682. The van der Waals surface area contributed by atoms with Crippen LogP contribution in [0.4, 0.5) is 11.6 Å². The monoisotopic (exact) mass is 280 g/mol. The van der Waals surface area contributed by atoms with E-state index in [0.717, 1.165) is 11.3 Å². The summed E-state index contributed by atoms with van der Waals surface area (Å²) < 4.78 is 0. The zero-order valence-electron chi connectivity index (χ0n) is 12.2. The molecule has 0 bridgehead atoms. The summed E-state index contributed by atoms with van der Waals surface area (Å²) in [5, 5.41) is 18.7. The van der Waals surface area contributed by atoms with E-state index in [1.807, 2.05) is 62.3 Å². The molecule has 21 heavy (non-hydrogen) atoms. The van der Waals surface area contributed by atoms with Gasteiger partial charge in [0.15, 0.2) is 6.19 Å². The van der Waals surface area contributed by atoms with E-state index in [4.69, 9.17) is 5.26 Å². The maximum atomic E-state index is 8.57. The third kappa shape index (κ3) is 3.76. The van der Waals surface area contributed by atoms with Gasteiger partial charge >= 0.3 is 0 Å². The summed E-state index contributed by atoms with van der Waals surface area (Å²) in [6.45, 7) is 1.82. The van der Waals surface area contributed by atoms with Crippen LogP contribution in [0, 0.1) is 18.4 Å². The molecule has 0 aliphatic carbocycles. The molecule has 1 N–H and O–H groups in total. The molecule has 1 aromatic heterocycles. The SMILES string of the molecule is Cc1nnc(NC#N)nc1/C=C/c1ccc(N(C)C)cc1. The fourth-order valence-corrected chi connectivity index (χ4v) is 1.71. The molecule has 1 heterocycles. The average Bonchev–Trinajstić information content (AvgIpc) is 2.48. The number of nitrogens with zero attached hydrogens (tertiary/aromatic N) is 5. The Labute approximate surface area is 123 Å². The van der Waals surface area contributed by atoms with Gasteiger partial charge in [-0.15, -0.1) is 10.2 Å². The normalized spacial score (nSPS) is 10.4. The van der Waals surface area contributed by atoms with Crippen LogP contribution in [0.1, 0.15) is 17.0 Å². The van der Waals surface area contributed by atoms with Crippen LogP contribution in [-0.4, -0.2) is 29.3 Å². The van der Waals surface area contributed by atoms with Crippen molar-refractivity contribution in [3.8, 4) is 6.19 Å². The van der Waals surface area contributed by atoms with Gasteiger partial charge in [-0.25, -0.2) is 4.98 Å². The molecule has 0 aliphatic rings. The summed E-state index contributed by atoms with van der Waals surface area (Å²) in [7, 11) is 4.01. The number of nitriles is 1. The fourth-order valence-electron chi connectivity index (χ4n) is 1.71. The van der Waals surface area contributed by atoms with E-state index in [9.17, 15) is 0 Å². The van der Waals surface area contributed by atoms with Gasteiger partial charge in [0, 0.05) is 19.8 Å². The highest BCUT2D eigenvalue weighted by Gasteiger charge is 2.02. The second-order valence-corrected chi connectivity index (χ2v) is 4.66. The molecule has 0 fully saturated rings. The van der Waals surface area contributed by atoms with Gasteiger partial charge in [0.2, 0.25) is 0 Å². The van der Waals surface area contributed by atoms with Crippen molar-refractivity contribution in [2.24, 2.45) is 0 Å². The van der Waals surface area contributed by atoms with E-state index >= 15 is 0 Å². The van der Waals surface area contributed by atoms with Gasteiger partial charge in [0.1, 0.15) is 0 Å². The minimum atomic E-state index is 0.200. The molecule has 2 rings (SSSR count). The average molecular weight is 280 g/mol.